The maximum atomic E-state index is 13.0. The maximum absolute atomic E-state index is 13.0. The number of carbonyl (C=O) groups excluding carboxylic acids is 1. The molecule has 3 rings (SSSR count). The number of carbonyl (C=O) groups is 1. The third-order valence-electron chi connectivity index (χ3n) is 4.47. The third kappa shape index (κ3) is 6.31. The zero-order valence-corrected chi connectivity index (χ0v) is 19.4. The number of benzene rings is 2. The van der Waals surface area contributed by atoms with Crippen LogP contribution in [0.5, 0.6) is 5.75 Å². The monoisotopic (exact) mass is 442 g/mol. The van der Waals surface area contributed by atoms with Crippen molar-refractivity contribution in [3.63, 3.8) is 0 Å². The van der Waals surface area contributed by atoms with Gasteiger partial charge in [-0.1, -0.05) is 31.5 Å². The molecule has 0 aliphatic heterocycles. The van der Waals surface area contributed by atoms with Gasteiger partial charge in [0.15, 0.2) is 0 Å². The normalized spacial score (nSPS) is 11.0. The van der Waals surface area contributed by atoms with E-state index in [1.54, 1.807) is 35.6 Å². The van der Waals surface area contributed by atoms with E-state index < -0.39 is 0 Å². The van der Waals surface area contributed by atoms with Crippen molar-refractivity contribution in [3.05, 3.63) is 80.3 Å². The molecule has 3 aromatic rings. The summed E-state index contributed by atoms with van der Waals surface area (Å²) in [6.45, 7) is 9.87. The second-order valence-corrected chi connectivity index (χ2v) is 9.31. The van der Waals surface area contributed by atoms with Gasteiger partial charge in [-0.2, -0.15) is 0 Å². The highest BCUT2D eigenvalue weighted by Gasteiger charge is 2.19. The van der Waals surface area contributed by atoms with Crippen LogP contribution in [0.4, 0.5) is 0 Å². The van der Waals surface area contributed by atoms with E-state index in [0.29, 0.717) is 36.2 Å². The SMILES string of the molecule is Cc1cc(C)cc(OCc2nc(CN(CC(C)C)C(=O)c3ccc(Cl)cc3)cs2)c1. The summed E-state index contributed by atoms with van der Waals surface area (Å²) in [5, 5.41) is 3.52. The minimum absolute atomic E-state index is 0.0126. The molecule has 0 spiro atoms. The molecule has 2 aromatic carbocycles. The Hall–Kier alpha value is -2.37. The number of hydrogen-bond acceptors (Lipinski definition) is 4. The van der Waals surface area contributed by atoms with Crippen LogP contribution in [0.1, 0.15) is 46.0 Å². The first-order valence-corrected chi connectivity index (χ1v) is 11.2. The zero-order chi connectivity index (χ0) is 21.7. The van der Waals surface area contributed by atoms with E-state index in [1.807, 2.05) is 22.4 Å². The lowest BCUT2D eigenvalue weighted by atomic mass is 10.1. The van der Waals surface area contributed by atoms with Crippen molar-refractivity contribution < 1.29 is 9.53 Å². The Morgan fingerprint density at radius 2 is 1.80 bits per heavy atom. The van der Waals surface area contributed by atoms with E-state index >= 15 is 0 Å². The predicted octanol–water partition coefficient (Wildman–Crippen LogP) is 6.29. The van der Waals surface area contributed by atoms with E-state index in [9.17, 15) is 4.79 Å². The standard InChI is InChI=1S/C24H27ClN2O2S/c1-16(2)12-27(24(28)19-5-7-20(25)8-6-19)13-21-15-30-23(26-21)14-29-22-10-17(3)9-18(4)11-22/h5-11,15-16H,12-14H2,1-4H3. The third-order valence-corrected chi connectivity index (χ3v) is 5.60. The van der Waals surface area contributed by atoms with Crippen molar-refractivity contribution in [2.45, 2.75) is 40.8 Å². The highest BCUT2D eigenvalue weighted by atomic mass is 35.5. The molecule has 0 atom stereocenters. The molecule has 158 valence electrons. The van der Waals surface area contributed by atoms with Gasteiger partial charge < -0.3 is 9.64 Å². The minimum atomic E-state index is -0.0126. The molecule has 0 aliphatic carbocycles. The average molecular weight is 443 g/mol. The molecule has 30 heavy (non-hydrogen) atoms. The number of aryl methyl sites for hydroxylation is 2. The molecule has 1 aromatic heterocycles. The topological polar surface area (TPSA) is 42.4 Å². The van der Waals surface area contributed by atoms with Gasteiger partial charge in [0.1, 0.15) is 17.4 Å². The van der Waals surface area contributed by atoms with Crippen LogP contribution in [0.2, 0.25) is 5.02 Å². The molecule has 0 saturated carbocycles. The highest BCUT2D eigenvalue weighted by molar-refractivity contribution is 7.09. The summed E-state index contributed by atoms with van der Waals surface area (Å²) in [6.07, 6.45) is 0. The molecular formula is C24H27ClN2O2S. The molecular weight excluding hydrogens is 416 g/mol. The lowest BCUT2D eigenvalue weighted by molar-refractivity contribution is 0.0720. The molecule has 0 N–H and O–H groups in total. The number of aromatic nitrogens is 1. The Labute approximate surface area is 187 Å². The molecule has 0 fully saturated rings. The first-order valence-electron chi connectivity index (χ1n) is 9.99. The summed E-state index contributed by atoms with van der Waals surface area (Å²) < 4.78 is 5.92. The molecule has 0 radical (unpaired) electrons. The second-order valence-electron chi connectivity index (χ2n) is 7.93. The van der Waals surface area contributed by atoms with E-state index in [0.717, 1.165) is 16.5 Å². The Balaban J connectivity index is 1.67. The van der Waals surface area contributed by atoms with Crippen molar-refractivity contribution in [2.24, 2.45) is 5.92 Å². The van der Waals surface area contributed by atoms with E-state index in [-0.39, 0.29) is 5.91 Å². The van der Waals surface area contributed by atoms with Gasteiger partial charge in [-0.3, -0.25) is 4.79 Å². The number of rotatable bonds is 8. The van der Waals surface area contributed by atoms with Crippen LogP contribution in [0, 0.1) is 19.8 Å². The van der Waals surface area contributed by atoms with Crippen LogP contribution in [0.15, 0.2) is 47.8 Å². The van der Waals surface area contributed by atoms with Crippen molar-refractivity contribution in [2.75, 3.05) is 6.54 Å². The van der Waals surface area contributed by atoms with Gasteiger partial charge in [-0.05, 0) is 67.3 Å². The number of halogens is 1. The summed E-state index contributed by atoms with van der Waals surface area (Å²) in [7, 11) is 0. The molecule has 0 bridgehead atoms. The summed E-state index contributed by atoms with van der Waals surface area (Å²) in [4.78, 5) is 19.5. The largest absolute Gasteiger partial charge is 0.486 e. The summed E-state index contributed by atoms with van der Waals surface area (Å²) >= 11 is 7.51. The number of amides is 1. The van der Waals surface area contributed by atoms with Crippen molar-refractivity contribution in [1.82, 2.24) is 9.88 Å². The minimum Gasteiger partial charge on any atom is -0.486 e. The Bertz CT molecular complexity index is 978. The number of thiazole rings is 1. The van der Waals surface area contributed by atoms with Gasteiger partial charge in [-0.25, -0.2) is 4.98 Å². The van der Waals surface area contributed by atoms with Gasteiger partial charge >= 0.3 is 0 Å². The number of ether oxygens (including phenoxy) is 1. The van der Waals surface area contributed by atoms with E-state index in [1.165, 1.54) is 11.1 Å². The Morgan fingerprint density at radius 1 is 1.13 bits per heavy atom. The number of hydrogen-bond donors (Lipinski definition) is 0. The number of nitrogens with zero attached hydrogens (tertiary/aromatic N) is 2. The van der Waals surface area contributed by atoms with E-state index in [2.05, 4.69) is 38.7 Å². The van der Waals surface area contributed by atoms with Crippen LogP contribution >= 0.6 is 22.9 Å². The fraction of sp³-hybridized carbons (Fsp3) is 0.333. The maximum Gasteiger partial charge on any atom is 0.254 e. The van der Waals surface area contributed by atoms with Crippen molar-refractivity contribution in [3.8, 4) is 5.75 Å². The van der Waals surface area contributed by atoms with Crippen LogP contribution < -0.4 is 4.74 Å². The Kier molecular flexibility index (Phi) is 7.51. The first kappa shape index (κ1) is 22.3. The van der Waals surface area contributed by atoms with Crippen molar-refractivity contribution in [1.29, 1.82) is 0 Å². The predicted molar refractivity (Wildman–Crippen MR) is 123 cm³/mol. The van der Waals surface area contributed by atoms with Crippen molar-refractivity contribution >= 4 is 28.8 Å². The molecule has 1 heterocycles. The van der Waals surface area contributed by atoms with Crippen LogP contribution in [0.25, 0.3) is 0 Å². The highest BCUT2D eigenvalue weighted by Crippen LogP contribution is 2.20. The first-order chi connectivity index (χ1) is 14.3. The lowest BCUT2D eigenvalue weighted by Crippen LogP contribution is -2.33. The molecule has 4 nitrogen and oxygen atoms in total. The van der Waals surface area contributed by atoms with Gasteiger partial charge in [0.25, 0.3) is 5.91 Å². The molecule has 0 aliphatic rings. The average Bonchev–Trinajstić information content (AvgIpc) is 3.12. The molecule has 0 unspecified atom stereocenters. The van der Waals surface area contributed by atoms with Crippen LogP contribution in [-0.2, 0) is 13.2 Å². The Morgan fingerprint density at radius 3 is 2.43 bits per heavy atom. The zero-order valence-electron chi connectivity index (χ0n) is 17.8. The second kappa shape index (κ2) is 10.1. The lowest BCUT2D eigenvalue weighted by Gasteiger charge is -2.24. The molecule has 0 saturated heterocycles. The van der Waals surface area contributed by atoms with Gasteiger partial charge in [-0.15, -0.1) is 11.3 Å². The van der Waals surface area contributed by atoms with E-state index in [4.69, 9.17) is 16.3 Å². The van der Waals surface area contributed by atoms with Crippen LogP contribution in [-0.4, -0.2) is 22.3 Å². The van der Waals surface area contributed by atoms with Crippen LogP contribution in [0.3, 0.4) is 0 Å². The quantitative estimate of drug-likeness (QED) is 0.411. The fourth-order valence-electron chi connectivity index (χ4n) is 3.28. The summed E-state index contributed by atoms with van der Waals surface area (Å²) in [6, 6.07) is 13.2. The van der Waals surface area contributed by atoms with Gasteiger partial charge in [0, 0.05) is 22.5 Å². The fourth-order valence-corrected chi connectivity index (χ4v) is 4.10. The molecule has 6 heteroatoms. The summed E-state index contributed by atoms with van der Waals surface area (Å²) in [5.41, 5.74) is 3.86. The molecule has 1 amide bonds. The summed E-state index contributed by atoms with van der Waals surface area (Å²) in [5.74, 6) is 1.19. The smallest absolute Gasteiger partial charge is 0.254 e. The van der Waals surface area contributed by atoms with Gasteiger partial charge in [0.2, 0.25) is 0 Å². The van der Waals surface area contributed by atoms with Gasteiger partial charge in [0.05, 0.1) is 12.2 Å².